The first-order valence-electron chi connectivity index (χ1n) is 8.07. The number of amides is 1. The molecular formula is C18H20Cl2N2O3S2. The minimum Gasteiger partial charge on any atom is -0.326 e. The molecule has 0 heterocycles. The van der Waals surface area contributed by atoms with Crippen molar-refractivity contribution in [2.75, 3.05) is 28.7 Å². The van der Waals surface area contributed by atoms with Gasteiger partial charge in [-0.05, 0) is 49.1 Å². The van der Waals surface area contributed by atoms with Crippen LogP contribution in [0.5, 0.6) is 0 Å². The predicted octanol–water partition coefficient (Wildman–Crippen LogP) is 4.90. The number of carbonyl (C=O) groups is 1. The van der Waals surface area contributed by atoms with Gasteiger partial charge in [0.2, 0.25) is 15.9 Å². The lowest BCUT2D eigenvalue weighted by Gasteiger charge is -2.22. The maximum Gasteiger partial charge on any atom is 0.232 e. The third-order valence-electron chi connectivity index (χ3n) is 3.71. The number of nitrogens with one attached hydrogen (secondary N) is 1. The van der Waals surface area contributed by atoms with Crippen molar-refractivity contribution in [3.8, 4) is 0 Å². The molecule has 0 spiro atoms. The topological polar surface area (TPSA) is 66.5 Å². The highest BCUT2D eigenvalue weighted by atomic mass is 35.5. The van der Waals surface area contributed by atoms with E-state index in [0.29, 0.717) is 17.1 Å². The Labute approximate surface area is 174 Å². The Morgan fingerprint density at radius 2 is 1.89 bits per heavy atom. The molecule has 0 unspecified atom stereocenters. The van der Waals surface area contributed by atoms with Crippen LogP contribution in [0, 0.1) is 0 Å². The zero-order valence-corrected chi connectivity index (χ0v) is 18.1. The molecule has 0 fully saturated rings. The summed E-state index contributed by atoms with van der Waals surface area (Å²) in [6.45, 7) is 0.162. The first kappa shape index (κ1) is 21.9. The number of carbonyl (C=O) groups excluding carboxylic acids is 1. The molecule has 2 aromatic rings. The van der Waals surface area contributed by atoms with E-state index in [2.05, 4.69) is 5.32 Å². The Hall–Kier alpha value is -1.41. The summed E-state index contributed by atoms with van der Waals surface area (Å²) in [5, 5.41) is 3.45. The van der Waals surface area contributed by atoms with Crippen LogP contribution in [-0.4, -0.2) is 33.4 Å². The largest absolute Gasteiger partial charge is 0.326 e. The molecule has 0 saturated heterocycles. The molecule has 9 heteroatoms. The van der Waals surface area contributed by atoms with Crippen molar-refractivity contribution in [1.29, 1.82) is 0 Å². The number of hydrogen-bond acceptors (Lipinski definition) is 4. The fourth-order valence-electron chi connectivity index (χ4n) is 2.43. The minimum atomic E-state index is -3.52. The van der Waals surface area contributed by atoms with Crippen LogP contribution in [0.3, 0.4) is 0 Å². The van der Waals surface area contributed by atoms with E-state index in [1.165, 1.54) is 10.4 Å². The molecule has 0 atom stereocenters. The van der Waals surface area contributed by atoms with Gasteiger partial charge in [0, 0.05) is 23.5 Å². The van der Waals surface area contributed by atoms with Crippen molar-refractivity contribution in [2.45, 2.75) is 17.7 Å². The van der Waals surface area contributed by atoms with Crippen LogP contribution >= 0.6 is 35.0 Å². The fraction of sp³-hybridized carbons (Fsp3) is 0.278. The van der Waals surface area contributed by atoms with E-state index >= 15 is 0 Å². The third kappa shape index (κ3) is 6.60. The average Bonchev–Trinajstić information content (AvgIpc) is 2.60. The molecule has 2 aromatic carbocycles. The number of anilines is 2. The molecule has 27 heavy (non-hydrogen) atoms. The Kier molecular flexibility index (Phi) is 7.85. The van der Waals surface area contributed by atoms with Crippen molar-refractivity contribution < 1.29 is 13.2 Å². The lowest BCUT2D eigenvalue weighted by molar-refractivity contribution is -0.116. The van der Waals surface area contributed by atoms with E-state index < -0.39 is 10.0 Å². The Balaban J connectivity index is 1.99. The van der Waals surface area contributed by atoms with Gasteiger partial charge in [-0.15, -0.1) is 11.8 Å². The van der Waals surface area contributed by atoms with Gasteiger partial charge < -0.3 is 5.32 Å². The summed E-state index contributed by atoms with van der Waals surface area (Å²) in [5.74, 6) is -0.171. The monoisotopic (exact) mass is 446 g/mol. The predicted molar refractivity (Wildman–Crippen MR) is 115 cm³/mol. The van der Waals surface area contributed by atoms with Crippen LogP contribution < -0.4 is 9.62 Å². The van der Waals surface area contributed by atoms with Gasteiger partial charge >= 0.3 is 0 Å². The average molecular weight is 447 g/mol. The quantitative estimate of drug-likeness (QED) is 0.585. The van der Waals surface area contributed by atoms with Crippen LogP contribution in [0.2, 0.25) is 10.0 Å². The highest BCUT2D eigenvalue weighted by Crippen LogP contribution is 2.28. The molecule has 0 bridgehead atoms. The number of benzene rings is 2. The van der Waals surface area contributed by atoms with Crippen molar-refractivity contribution in [3.05, 3.63) is 52.5 Å². The molecule has 0 aromatic heterocycles. The summed E-state index contributed by atoms with van der Waals surface area (Å²) >= 11 is 13.5. The second-order valence-electron chi connectivity index (χ2n) is 5.82. The number of halogens is 2. The standard InChI is InChI=1S/C18H20Cl2N2O3S2/c1-26-15-6-3-5-13(11-15)21-18(23)7-4-10-22(27(2,24)25)14-8-9-16(19)17(20)12-14/h3,5-6,8-9,11-12H,4,7,10H2,1-2H3,(H,21,23). The minimum absolute atomic E-state index is 0.162. The third-order valence-corrected chi connectivity index (χ3v) is 6.37. The van der Waals surface area contributed by atoms with Crippen LogP contribution in [0.1, 0.15) is 12.8 Å². The summed E-state index contributed by atoms with van der Waals surface area (Å²) in [6, 6.07) is 12.2. The maximum absolute atomic E-state index is 12.2. The molecule has 1 N–H and O–H groups in total. The molecule has 0 radical (unpaired) electrons. The molecule has 0 aliphatic rings. The first-order valence-corrected chi connectivity index (χ1v) is 11.9. The molecule has 0 aliphatic heterocycles. The maximum atomic E-state index is 12.2. The van der Waals surface area contributed by atoms with Crippen molar-refractivity contribution >= 4 is 62.3 Å². The Morgan fingerprint density at radius 1 is 1.15 bits per heavy atom. The van der Waals surface area contributed by atoms with Gasteiger partial charge in [-0.2, -0.15) is 0 Å². The summed E-state index contributed by atoms with van der Waals surface area (Å²) in [7, 11) is -3.52. The van der Waals surface area contributed by atoms with Crippen molar-refractivity contribution in [1.82, 2.24) is 0 Å². The lowest BCUT2D eigenvalue weighted by atomic mass is 10.2. The van der Waals surface area contributed by atoms with E-state index in [1.54, 1.807) is 23.9 Å². The van der Waals surface area contributed by atoms with Crippen LogP contribution in [0.25, 0.3) is 0 Å². The van der Waals surface area contributed by atoms with E-state index in [-0.39, 0.29) is 23.9 Å². The van der Waals surface area contributed by atoms with Gasteiger partial charge in [0.15, 0.2) is 0 Å². The van der Waals surface area contributed by atoms with E-state index in [4.69, 9.17) is 23.2 Å². The molecule has 1 amide bonds. The number of thioether (sulfide) groups is 1. The lowest BCUT2D eigenvalue weighted by Crippen LogP contribution is -2.31. The number of hydrogen-bond donors (Lipinski definition) is 1. The van der Waals surface area contributed by atoms with Crippen LogP contribution in [0.15, 0.2) is 47.4 Å². The SMILES string of the molecule is CSc1cccc(NC(=O)CCCN(c2ccc(Cl)c(Cl)c2)S(C)(=O)=O)c1. The fourth-order valence-corrected chi connectivity index (χ4v) is 4.14. The van der Waals surface area contributed by atoms with Crippen molar-refractivity contribution in [2.24, 2.45) is 0 Å². The first-order chi connectivity index (χ1) is 12.7. The van der Waals surface area contributed by atoms with Crippen molar-refractivity contribution in [3.63, 3.8) is 0 Å². The second-order valence-corrected chi connectivity index (χ2v) is 9.42. The number of rotatable bonds is 8. The number of sulfonamides is 1. The highest BCUT2D eigenvalue weighted by molar-refractivity contribution is 7.98. The summed E-state index contributed by atoms with van der Waals surface area (Å²) in [6.07, 6.45) is 3.63. The molecule has 5 nitrogen and oxygen atoms in total. The molecular weight excluding hydrogens is 427 g/mol. The van der Waals surface area contributed by atoms with E-state index in [0.717, 1.165) is 16.8 Å². The zero-order valence-electron chi connectivity index (χ0n) is 14.9. The molecule has 0 saturated carbocycles. The van der Waals surface area contributed by atoms with E-state index in [9.17, 15) is 13.2 Å². The van der Waals surface area contributed by atoms with Crippen LogP contribution in [-0.2, 0) is 14.8 Å². The van der Waals surface area contributed by atoms with Gasteiger partial charge in [0.1, 0.15) is 0 Å². The van der Waals surface area contributed by atoms with Gasteiger partial charge in [0.05, 0.1) is 22.0 Å². The second kappa shape index (κ2) is 9.68. The van der Waals surface area contributed by atoms with Crippen LogP contribution in [0.4, 0.5) is 11.4 Å². The highest BCUT2D eigenvalue weighted by Gasteiger charge is 2.18. The number of nitrogens with zero attached hydrogens (tertiary/aromatic N) is 1. The van der Waals surface area contributed by atoms with Gasteiger partial charge in [-0.25, -0.2) is 8.42 Å². The Morgan fingerprint density at radius 3 is 2.52 bits per heavy atom. The van der Waals surface area contributed by atoms with Gasteiger partial charge in [0.25, 0.3) is 0 Å². The summed E-state index contributed by atoms with van der Waals surface area (Å²) in [5.41, 5.74) is 1.14. The summed E-state index contributed by atoms with van der Waals surface area (Å²) in [4.78, 5) is 13.2. The Bertz CT molecular complexity index is 921. The van der Waals surface area contributed by atoms with Gasteiger partial charge in [-0.3, -0.25) is 9.10 Å². The molecule has 146 valence electrons. The molecule has 0 aliphatic carbocycles. The zero-order chi connectivity index (χ0) is 20.0. The summed E-state index contributed by atoms with van der Waals surface area (Å²) < 4.78 is 25.4. The normalized spacial score (nSPS) is 11.3. The van der Waals surface area contributed by atoms with E-state index in [1.807, 2.05) is 30.5 Å². The smallest absolute Gasteiger partial charge is 0.232 e. The molecule has 2 rings (SSSR count). The van der Waals surface area contributed by atoms with Gasteiger partial charge in [-0.1, -0.05) is 29.3 Å².